The van der Waals surface area contributed by atoms with Crippen LogP contribution in [-0.4, -0.2) is 16.7 Å². The highest BCUT2D eigenvalue weighted by atomic mass is 32.1. The summed E-state index contributed by atoms with van der Waals surface area (Å²) in [5.41, 5.74) is 0. The van der Waals surface area contributed by atoms with E-state index in [-0.39, 0.29) is 0 Å². The zero-order valence-corrected chi connectivity index (χ0v) is 10.3. The summed E-state index contributed by atoms with van der Waals surface area (Å²) in [6, 6.07) is 4.14. The van der Waals surface area contributed by atoms with Crippen molar-refractivity contribution in [3.8, 4) is 10.8 Å². The molecule has 2 aromatic rings. The van der Waals surface area contributed by atoms with Crippen LogP contribution in [0.4, 0.5) is 0 Å². The van der Waals surface area contributed by atoms with Gasteiger partial charge in [-0.1, -0.05) is 13.8 Å². The Balaban J connectivity index is 2.11. The van der Waals surface area contributed by atoms with Crippen molar-refractivity contribution >= 4 is 11.3 Å². The fraction of sp³-hybridized carbons (Fsp3) is 0.455. The molecule has 0 spiro atoms. The SMILES string of the molecule is CCNCc1nnc(-c2ccc(CC)s2)o1. The second kappa shape index (κ2) is 5.23. The molecule has 2 aromatic heterocycles. The van der Waals surface area contributed by atoms with E-state index < -0.39 is 0 Å². The maximum Gasteiger partial charge on any atom is 0.257 e. The third-order valence-corrected chi connectivity index (χ3v) is 3.43. The van der Waals surface area contributed by atoms with Crippen LogP contribution < -0.4 is 5.32 Å². The average Bonchev–Trinajstić information content (AvgIpc) is 2.94. The minimum atomic E-state index is 0.623. The van der Waals surface area contributed by atoms with Crippen LogP contribution in [-0.2, 0) is 13.0 Å². The molecule has 0 unspecified atom stereocenters. The van der Waals surface area contributed by atoms with E-state index in [4.69, 9.17) is 4.42 Å². The quantitative estimate of drug-likeness (QED) is 0.868. The third-order valence-electron chi connectivity index (χ3n) is 2.21. The van der Waals surface area contributed by atoms with E-state index in [2.05, 4.69) is 28.5 Å². The zero-order chi connectivity index (χ0) is 11.4. The first-order valence-corrected chi connectivity index (χ1v) is 6.27. The van der Waals surface area contributed by atoms with E-state index in [0.29, 0.717) is 18.3 Å². The smallest absolute Gasteiger partial charge is 0.257 e. The minimum Gasteiger partial charge on any atom is -0.419 e. The molecule has 0 aromatic carbocycles. The normalized spacial score (nSPS) is 10.9. The van der Waals surface area contributed by atoms with Gasteiger partial charge in [0, 0.05) is 4.88 Å². The Bertz CT molecular complexity index is 450. The first-order chi connectivity index (χ1) is 7.83. The molecule has 0 fully saturated rings. The molecule has 0 atom stereocenters. The molecule has 1 N–H and O–H groups in total. The number of hydrogen-bond donors (Lipinski definition) is 1. The van der Waals surface area contributed by atoms with Gasteiger partial charge in [0.25, 0.3) is 5.89 Å². The fourth-order valence-corrected chi connectivity index (χ4v) is 2.21. The van der Waals surface area contributed by atoms with Crippen molar-refractivity contribution in [2.24, 2.45) is 0 Å². The molecule has 0 aliphatic carbocycles. The second-order valence-electron chi connectivity index (χ2n) is 3.40. The Morgan fingerprint density at radius 1 is 1.31 bits per heavy atom. The lowest BCUT2D eigenvalue weighted by atomic mass is 10.4. The van der Waals surface area contributed by atoms with Gasteiger partial charge in [-0.2, -0.15) is 0 Å². The number of thiophene rings is 1. The van der Waals surface area contributed by atoms with Crippen LogP contribution in [0.1, 0.15) is 24.6 Å². The summed E-state index contributed by atoms with van der Waals surface area (Å²) in [5, 5.41) is 11.2. The molecule has 0 aliphatic heterocycles. The highest BCUT2D eigenvalue weighted by Crippen LogP contribution is 2.27. The molecule has 0 radical (unpaired) electrons. The van der Waals surface area contributed by atoms with Gasteiger partial charge in [0.15, 0.2) is 0 Å². The lowest BCUT2D eigenvalue weighted by molar-refractivity contribution is 0.483. The molecule has 16 heavy (non-hydrogen) atoms. The van der Waals surface area contributed by atoms with Crippen molar-refractivity contribution in [1.29, 1.82) is 0 Å². The van der Waals surface area contributed by atoms with Crippen molar-refractivity contribution in [3.63, 3.8) is 0 Å². The van der Waals surface area contributed by atoms with Crippen molar-refractivity contribution in [2.75, 3.05) is 6.54 Å². The molecule has 0 saturated heterocycles. The van der Waals surface area contributed by atoms with Crippen LogP contribution in [0.2, 0.25) is 0 Å². The van der Waals surface area contributed by atoms with E-state index >= 15 is 0 Å². The van der Waals surface area contributed by atoms with Crippen molar-refractivity contribution in [3.05, 3.63) is 22.9 Å². The average molecular weight is 237 g/mol. The van der Waals surface area contributed by atoms with E-state index in [1.54, 1.807) is 11.3 Å². The first-order valence-electron chi connectivity index (χ1n) is 5.45. The topological polar surface area (TPSA) is 51.0 Å². The Labute approximate surface area is 98.7 Å². The van der Waals surface area contributed by atoms with Crippen LogP contribution in [0.3, 0.4) is 0 Å². The largest absolute Gasteiger partial charge is 0.419 e. The Kier molecular flexibility index (Phi) is 3.69. The number of nitrogens with one attached hydrogen (secondary N) is 1. The van der Waals surface area contributed by atoms with Crippen molar-refractivity contribution in [1.82, 2.24) is 15.5 Å². The van der Waals surface area contributed by atoms with E-state index in [1.165, 1.54) is 4.88 Å². The molecule has 0 aliphatic rings. The Hall–Kier alpha value is -1.20. The monoisotopic (exact) mass is 237 g/mol. The molecular weight excluding hydrogens is 222 g/mol. The Morgan fingerprint density at radius 3 is 2.88 bits per heavy atom. The van der Waals surface area contributed by atoms with Crippen LogP contribution >= 0.6 is 11.3 Å². The highest BCUT2D eigenvalue weighted by molar-refractivity contribution is 7.15. The van der Waals surface area contributed by atoms with Crippen LogP contribution in [0, 0.1) is 0 Å². The van der Waals surface area contributed by atoms with Crippen molar-refractivity contribution < 1.29 is 4.42 Å². The molecule has 0 saturated carbocycles. The lowest BCUT2D eigenvalue weighted by Gasteiger charge is -1.93. The van der Waals surface area contributed by atoms with E-state index in [9.17, 15) is 0 Å². The number of rotatable bonds is 5. The summed E-state index contributed by atoms with van der Waals surface area (Å²) in [6.07, 6.45) is 1.04. The molecular formula is C11H15N3OS. The van der Waals surface area contributed by atoms with Gasteiger partial charge in [0.05, 0.1) is 11.4 Å². The van der Waals surface area contributed by atoms with Gasteiger partial charge in [-0.15, -0.1) is 21.5 Å². The van der Waals surface area contributed by atoms with Gasteiger partial charge in [0.1, 0.15) is 0 Å². The highest BCUT2D eigenvalue weighted by Gasteiger charge is 2.10. The summed E-state index contributed by atoms with van der Waals surface area (Å²) in [4.78, 5) is 2.38. The number of aromatic nitrogens is 2. The summed E-state index contributed by atoms with van der Waals surface area (Å²) >= 11 is 1.71. The Morgan fingerprint density at radius 2 is 2.19 bits per heavy atom. The van der Waals surface area contributed by atoms with E-state index in [0.717, 1.165) is 17.8 Å². The minimum absolute atomic E-state index is 0.623. The summed E-state index contributed by atoms with van der Waals surface area (Å²) < 4.78 is 5.56. The standard InChI is InChI=1S/C11H15N3OS/c1-3-8-5-6-9(16-8)11-14-13-10(15-11)7-12-4-2/h5-6,12H,3-4,7H2,1-2H3. The van der Waals surface area contributed by atoms with Gasteiger partial charge in [0.2, 0.25) is 5.89 Å². The van der Waals surface area contributed by atoms with Gasteiger partial charge in [-0.05, 0) is 25.1 Å². The molecule has 2 heterocycles. The van der Waals surface area contributed by atoms with Gasteiger partial charge < -0.3 is 9.73 Å². The van der Waals surface area contributed by atoms with Gasteiger partial charge in [-0.3, -0.25) is 0 Å². The lowest BCUT2D eigenvalue weighted by Crippen LogP contribution is -2.11. The molecule has 86 valence electrons. The number of nitrogens with zero attached hydrogens (tertiary/aromatic N) is 2. The first kappa shape index (κ1) is 11.3. The van der Waals surface area contributed by atoms with Gasteiger partial charge in [-0.25, -0.2) is 0 Å². The van der Waals surface area contributed by atoms with Crippen molar-refractivity contribution in [2.45, 2.75) is 26.8 Å². The molecule has 5 heteroatoms. The molecule has 0 amide bonds. The number of hydrogen-bond acceptors (Lipinski definition) is 5. The second-order valence-corrected chi connectivity index (χ2v) is 4.57. The van der Waals surface area contributed by atoms with Crippen LogP contribution in [0.15, 0.2) is 16.5 Å². The maximum absolute atomic E-state index is 5.56. The van der Waals surface area contributed by atoms with Crippen LogP contribution in [0.25, 0.3) is 10.8 Å². The van der Waals surface area contributed by atoms with Crippen LogP contribution in [0.5, 0.6) is 0 Å². The maximum atomic E-state index is 5.56. The molecule has 4 nitrogen and oxygen atoms in total. The third kappa shape index (κ3) is 2.48. The number of aryl methyl sites for hydroxylation is 1. The molecule has 0 bridgehead atoms. The fourth-order valence-electron chi connectivity index (χ4n) is 1.34. The summed E-state index contributed by atoms with van der Waals surface area (Å²) in [6.45, 7) is 5.72. The predicted molar refractivity (Wildman–Crippen MR) is 64.4 cm³/mol. The predicted octanol–water partition coefficient (Wildman–Crippen LogP) is 2.47. The van der Waals surface area contributed by atoms with E-state index in [1.807, 2.05) is 13.0 Å². The zero-order valence-electron chi connectivity index (χ0n) is 9.49. The van der Waals surface area contributed by atoms with Gasteiger partial charge >= 0.3 is 0 Å². The summed E-state index contributed by atoms with van der Waals surface area (Å²) in [5.74, 6) is 1.26. The molecule has 2 rings (SSSR count). The summed E-state index contributed by atoms with van der Waals surface area (Å²) in [7, 11) is 0.